The number of nitrogens with one attached hydrogen (secondary N) is 1. The molecular formula is C25H33FN4O3S. The molecule has 7 nitrogen and oxygen atoms in total. The molecule has 0 atom stereocenters. The molecule has 3 rings (SSSR count). The van der Waals surface area contributed by atoms with Crippen LogP contribution in [0.25, 0.3) is 11.0 Å². The molecule has 3 aromatic rings. The molecule has 184 valence electrons. The molecule has 0 radical (unpaired) electrons. The molecule has 1 aromatic heterocycles. The number of fused-ring (bicyclic) bond motifs is 1. The first-order chi connectivity index (χ1) is 16.0. The van der Waals surface area contributed by atoms with Gasteiger partial charge < -0.3 is 9.88 Å². The topological polar surface area (TPSA) is 84.3 Å². The molecule has 1 heterocycles. The number of benzene rings is 2. The molecular weight excluding hydrogens is 455 g/mol. The van der Waals surface area contributed by atoms with Gasteiger partial charge in [-0.15, -0.1) is 0 Å². The minimum atomic E-state index is -3.58. The predicted molar refractivity (Wildman–Crippen MR) is 132 cm³/mol. The fraction of sp³-hybridized carbons (Fsp3) is 0.440. The van der Waals surface area contributed by atoms with E-state index in [4.69, 9.17) is 0 Å². The number of rotatable bonds is 10. The van der Waals surface area contributed by atoms with Crippen LogP contribution in [-0.2, 0) is 33.7 Å². The second kappa shape index (κ2) is 10.2. The molecule has 0 aliphatic carbocycles. The third-order valence-corrected chi connectivity index (χ3v) is 8.24. The smallest absolute Gasteiger partial charge is 0.243 e. The Morgan fingerprint density at radius 3 is 2.47 bits per heavy atom. The van der Waals surface area contributed by atoms with Gasteiger partial charge in [0.05, 0.1) is 15.9 Å². The molecule has 0 aliphatic rings. The second-order valence-electron chi connectivity index (χ2n) is 8.97. The minimum Gasteiger partial charge on any atom is -0.355 e. The summed E-state index contributed by atoms with van der Waals surface area (Å²) < 4.78 is 43.1. The Hall–Kier alpha value is -2.78. The van der Waals surface area contributed by atoms with Crippen LogP contribution in [0.15, 0.2) is 47.4 Å². The van der Waals surface area contributed by atoms with Crippen LogP contribution in [0.5, 0.6) is 0 Å². The number of hydrogen-bond acceptors (Lipinski definition) is 4. The number of amides is 1. The van der Waals surface area contributed by atoms with Crippen LogP contribution in [-0.4, -0.2) is 47.8 Å². The summed E-state index contributed by atoms with van der Waals surface area (Å²) in [5.41, 5.74) is 1.38. The van der Waals surface area contributed by atoms with Crippen molar-refractivity contribution < 1.29 is 17.6 Å². The van der Waals surface area contributed by atoms with Crippen LogP contribution in [0.4, 0.5) is 4.39 Å². The Morgan fingerprint density at radius 2 is 1.82 bits per heavy atom. The Bertz CT molecular complexity index is 1280. The van der Waals surface area contributed by atoms with Crippen molar-refractivity contribution in [3.05, 3.63) is 59.7 Å². The normalized spacial score (nSPS) is 12.4. The van der Waals surface area contributed by atoms with Crippen molar-refractivity contribution in [3.8, 4) is 0 Å². The first-order valence-electron chi connectivity index (χ1n) is 11.5. The maximum absolute atomic E-state index is 14.1. The largest absolute Gasteiger partial charge is 0.355 e. The van der Waals surface area contributed by atoms with E-state index in [1.165, 1.54) is 10.4 Å². The standard InChI is InChI=1S/C25H33FN4O3S/c1-6-30(7-2)34(32,33)18-12-13-22-21(16-18)28-23(29(22)5)14-15-24(31)27-17-25(3,4)19-10-8-9-11-20(19)26/h8-13,16H,6-7,14-15,17H2,1-5H3,(H,27,31). The van der Waals surface area contributed by atoms with Crippen LogP contribution in [0, 0.1) is 5.82 Å². The lowest BCUT2D eigenvalue weighted by molar-refractivity contribution is -0.121. The van der Waals surface area contributed by atoms with Gasteiger partial charge in [-0.2, -0.15) is 4.31 Å². The zero-order valence-electron chi connectivity index (χ0n) is 20.4. The van der Waals surface area contributed by atoms with Gasteiger partial charge in [-0.05, 0) is 29.8 Å². The molecule has 0 saturated heterocycles. The first kappa shape index (κ1) is 25.8. The van der Waals surface area contributed by atoms with Crippen molar-refractivity contribution in [2.75, 3.05) is 19.6 Å². The average molecular weight is 489 g/mol. The predicted octanol–water partition coefficient (Wildman–Crippen LogP) is 3.77. The van der Waals surface area contributed by atoms with Crippen LogP contribution in [0.2, 0.25) is 0 Å². The second-order valence-corrected chi connectivity index (χ2v) is 10.9. The Kier molecular flexibility index (Phi) is 7.77. The van der Waals surface area contributed by atoms with Crippen molar-refractivity contribution in [1.82, 2.24) is 19.2 Å². The minimum absolute atomic E-state index is 0.152. The van der Waals surface area contributed by atoms with Gasteiger partial charge in [0.2, 0.25) is 15.9 Å². The van der Waals surface area contributed by atoms with E-state index in [2.05, 4.69) is 10.3 Å². The highest BCUT2D eigenvalue weighted by atomic mass is 32.2. The SMILES string of the molecule is CCN(CC)S(=O)(=O)c1ccc2c(c1)nc(CCC(=O)NCC(C)(C)c1ccccc1F)n2C. The quantitative estimate of drug-likeness (QED) is 0.471. The number of aryl methyl sites for hydroxylation is 2. The molecule has 0 aliphatic heterocycles. The highest BCUT2D eigenvalue weighted by Gasteiger charge is 2.25. The highest BCUT2D eigenvalue weighted by Crippen LogP contribution is 2.25. The lowest BCUT2D eigenvalue weighted by Gasteiger charge is -2.26. The van der Waals surface area contributed by atoms with Gasteiger partial charge in [0.25, 0.3) is 0 Å². The Morgan fingerprint density at radius 1 is 1.15 bits per heavy atom. The van der Waals surface area contributed by atoms with E-state index in [0.717, 1.165) is 5.52 Å². The van der Waals surface area contributed by atoms with Crippen LogP contribution in [0.3, 0.4) is 0 Å². The first-order valence-corrected chi connectivity index (χ1v) is 12.9. The molecule has 2 aromatic carbocycles. The van der Waals surface area contributed by atoms with E-state index in [1.54, 1.807) is 50.2 Å². The van der Waals surface area contributed by atoms with Crippen molar-refractivity contribution in [2.45, 2.75) is 50.8 Å². The fourth-order valence-corrected chi connectivity index (χ4v) is 5.54. The number of nitrogens with zero attached hydrogens (tertiary/aromatic N) is 3. The van der Waals surface area contributed by atoms with E-state index < -0.39 is 15.4 Å². The van der Waals surface area contributed by atoms with Gasteiger partial charge in [-0.3, -0.25) is 4.79 Å². The number of halogens is 1. The number of imidazole rings is 1. The number of carbonyl (C=O) groups is 1. The summed E-state index contributed by atoms with van der Waals surface area (Å²) in [5, 5.41) is 2.90. The summed E-state index contributed by atoms with van der Waals surface area (Å²) in [6, 6.07) is 11.5. The lowest BCUT2D eigenvalue weighted by atomic mass is 9.84. The zero-order chi connectivity index (χ0) is 25.1. The monoisotopic (exact) mass is 488 g/mol. The summed E-state index contributed by atoms with van der Waals surface area (Å²) in [4.78, 5) is 17.3. The van der Waals surface area contributed by atoms with E-state index in [-0.39, 0.29) is 23.0 Å². The summed E-state index contributed by atoms with van der Waals surface area (Å²) in [6.07, 6.45) is 0.615. The van der Waals surface area contributed by atoms with E-state index in [1.807, 2.05) is 25.5 Å². The molecule has 0 spiro atoms. The maximum atomic E-state index is 14.1. The molecule has 9 heteroatoms. The molecule has 0 unspecified atom stereocenters. The summed E-state index contributed by atoms with van der Waals surface area (Å²) in [6.45, 7) is 8.49. The Labute approximate surface area is 201 Å². The van der Waals surface area contributed by atoms with Crippen molar-refractivity contribution in [3.63, 3.8) is 0 Å². The van der Waals surface area contributed by atoms with Crippen LogP contribution < -0.4 is 5.32 Å². The number of carbonyl (C=O) groups excluding carboxylic acids is 1. The molecule has 0 bridgehead atoms. The highest BCUT2D eigenvalue weighted by molar-refractivity contribution is 7.89. The number of aromatic nitrogens is 2. The Balaban J connectivity index is 1.69. The van der Waals surface area contributed by atoms with E-state index in [0.29, 0.717) is 43.0 Å². The van der Waals surface area contributed by atoms with Gasteiger partial charge in [0, 0.05) is 44.9 Å². The van der Waals surface area contributed by atoms with Crippen molar-refractivity contribution >= 4 is 27.0 Å². The molecule has 1 N–H and O–H groups in total. The third-order valence-electron chi connectivity index (χ3n) is 6.19. The number of sulfonamides is 1. The molecule has 34 heavy (non-hydrogen) atoms. The van der Waals surface area contributed by atoms with Gasteiger partial charge in [0.15, 0.2) is 0 Å². The van der Waals surface area contributed by atoms with Gasteiger partial charge in [-0.1, -0.05) is 45.9 Å². The zero-order valence-corrected chi connectivity index (χ0v) is 21.2. The fourth-order valence-electron chi connectivity index (χ4n) is 4.06. The van der Waals surface area contributed by atoms with Gasteiger partial charge >= 0.3 is 0 Å². The number of hydrogen-bond donors (Lipinski definition) is 1. The lowest BCUT2D eigenvalue weighted by Crippen LogP contribution is -2.37. The molecule has 1 amide bonds. The van der Waals surface area contributed by atoms with Crippen LogP contribution >= 0.6 is 0 Å². The van der Waals surface area contributed by atoms with Crippen molar-refractivity contribution in [1.29, 1.82) is 0 Å². The van der Waals surface area contributed by atoms with Crippen LogP contribution in [0.1, 0.15) is 45.5 Å². The van der Waals surface area contributed by atoms with Gasteiger partial charge in [-0.25, -0.2) is 17.8 Å². The molecule has 0 saturated carbocycles. The van der Waals surface area contributed by atoms with E-state index in [9.17, 15) is 17.6 Å². The summed E-state index contributed by atoms with van der Waals surface area (Å²) >= 11 is 0. The average Bonchev–Trinajstić information content (AvgIpc) is 3.12. The third kappa shape index (κ3) is 5.31. The van der Waals surface area contributed by atoms with E-state index >= 15 is 0 Å². The molecule has 0 fully saturated rings. The van der Waals surface area contributed by atoms with Gasteiger partial charge in [0.1, 0.15) is 11.6 Å². The maximum Gasteiger partial charge on any atom is 0.243 e. The van der Waals surface area contributed by atoms with Crippen molar-refractivity contribution in [2.24, 2.45) is 7.05 Å². The summed E-state index contributed by atoms with van der Waals surface area (Å²) in [5.74, 6) is 0.251. The summed E-state index contributed by atoms with van der Waals surface area (Å²) in [7, 11) is -1.73.